The zero-order valence-electron chi connectivity index (χ0n) is 16.5. The van der Waals surface area contributed by atoms with E-state index in [0.29, 0.717) is 55.1 Å². The first-order valence-electron chi connectivity index (χ1n) is 9.75. The van der Waals surface area contributed by atoms with Crippen LogP contribution in [0.2, 0.25) is 0 Å². The predicted molar refractivity (Wildman–Crippen MR) is 111 cm³/mol. The maximum absolute atomic E-state index is 13.6. The molecule has 2 aromatic carbocycles. The van der Waals surface area contributed by atoms with Crippen LogP contribution in [0.5, 0.6) is 0 Å². The SMILES string of the molecule is CN=C(NCCCCN1C(=O)c2ccccc2C1=O)NCCc1ccccc1F. The molecule has 1 heterocycles. The van der Waals surface area contributed by atoms with Crippen LogP contribution < -0.4 is 10.6 Å². The summed E-state index contributed by atoms with van der Waals surface area (Å²) in [6.07, 6.45) is 2.04. The maximum atomic E-state index is 13.6. The molecule has 2 amide bonds. The molecule has 0 aromatic heterocycles. The summed E-state index contributed by atoms with van der Waals surface area (Å²) in [6, 6.07) is 13.6. The highest BCUT2D eigenvalue weighted by atomic mass is 19.1. The number of nitrogens with zero attached hydrogens (tertiary/aromatic N) is 2. The summed E-state index contributed by atoms with van der Waals surface area (Å²) in [7, 11) is 1.68. The van der Waals surface area contributed by atoms with Gasteiger partial charge in [0.1, 0.15) is 5.82 Å². The van der Waals surface area contributed by atoms with E-state index >= 15 is 0 Å². The minimum atomic E-state index is -0.218. The van der Waals surface area contributed by atoms with Crippen molar-refractivity contribution in [3.05, 3.63) is 71.0 Å². The standard InChI is InChI=1S/C22H25FN4O2/c1-24-22(26-14-12-16-8-2-5-11-19(16)23)25-13-6-7-15-27-20(28)17-9-3-4-10-18(17)21(27)29/h2-5,8-11H,6-7,12-15H2,1H3,(H2,24,25,26). The lowest BCUT2D eigenvalue weighted by atomic mass is 10.1. The Morgan fingerprint density at radius 3 is 2.21 bits per heavy atom. The van der Waals surface area contributed by atoms with Gasteiger partial charge >= 0.3 is 0 Å². The molecule has 1 aliphatic heterocycles. The van der Waals surface area contributed by atoms with Gasteiger partial charge in [-0.05, 0) is 43.0 Å². The van der Waals surface area contributed by atoms with Crippen molar-refractivity contribution in [1.29, 1.82) is 0 Å². The van der Waals surface area contributed by atoms with E-state index in [1.807, 2.05) is 6.07 Å². The molecule has 152 valence electrons. The van der Waals surface area contributed by atoms with Crippen LogP contribution in [-0.4, -0.2) is 49.4 Å². The van der Waals surface area contributed by atoms with Crippen molar-refractivity contribution in [3.63, 3.8) is 0 Å². The highest BCUT2D eigenvalue weighted by Gasteiger charge is 2.34. The van der Waals surface area contributed by atoms with Crippen molar-refractivity contribution >= 4 is 17.8 Å². The maximum Gasteiger partial charge on any atom is 0.261 e. The molecule has 2 aromatic rings. The summed E-state index contributed by atoms with van der Waals surface area (Å²) in [4.78, 5) is 30.1. The van der Waals surface area contributed by atoms with Gasteiger partial charge in [-0.1, -0.05) is 30.3 Å². The fourth-order valence-corrected chi connectivity index (χ4v) is 3.28. The van der Waals surface area contributed by atoms with Crippen molar-refractivity contribution in [3.8, 4) is 0 Å². The molecule has 0 saturated heterocycles. The second-order valence-corrected chi connectivity index (χ2v) is 6.78. The molecule has 0 spiro atoms. The van der Waals surface area contributed by atoms with E-state index in [9.17, 15) is 14.0 Å². The number of amides is 2. The van der Waals surface area contributed by atoms with Crippen molar-refractivity contribution in [1.82, 2.24) is 15.5 Å². The van der Waals surface area contributed by atoms with Crippen molar-refractivity contribution in [2.45, 2.75) is 19.3 Å². The predicted octanol–water partition coefficient (Wildman–Crippen LogP) is 2.61. The van der Waals surface area contributed by atoms with Gasteiger partial charge in [-0.15, -0.1) is 0 Å². The monoisotopic (exact) mass is 396 g/mol. The minimum absolute atomic E-state index is 0.203. The number of benzene rings is 2. The average molecular weight is 396 g/mol. The van der Waals surface area contributed by atoms with Crippen molar-refractivity contribution < 1.29 is 14.0 Å². The first-order chi connectivity index (χ1) is 14.1. The van der Waals surface area contributed by atoms with Crippen LogP contribution in [0.1, 0.15) is 39.1 Å². The number of guanidine groups is 1. The van der Waals surface area contributed by atoms with Gasteiger partial charge in [0.2, 0.25) is 0 Å². The van der Waals surface area contributed by atoms with Gasteiger partial charge in [0.15, 0.2) is 5.96 Å². The molecule has 0 bridgehead atoms. The van der Waals surface area contributed by atoms with Gasteiger partial charge in [-0.2, -0.15) is 0 Å². The summed E-state index contributed by atoms with van der Waals surface area (Å²) in [5, 5.41) is 6.35. The van der Waals surface area contributed by atoms with Crippen LogP contribution in [0.15, 0.2) is 53.5 Å². The molecule has 0 unspecified atom stereocenters. The van der Waals surface area contributed by atoms with E-state index < -0.39 is 0 Å². The van der Waals surface area contributed by atoms with E-state index in [4.69, 9.17) is 0 Å². The molecule has 0 fully saturated rings. The van der Waals surface area contributed by atoms with E-state index in [-0.39, 0.29) is 17.6 Å². The molecule has 7 heteroatoms. The van der Waals surface area contributed by atoms with Crippen LogP contribution in [0, 0.1) is 5.82 Å². The quantitative estimate of drug-likeness (QED) is 0.311. The van der Waals surface area contributed by atoms with Gasteiger partial charge in [0.05, 0.1) is 11.1 Å². The molecular weight excluding hydrogens is 371 g/mol. The number of fused-ring (bicyclic) bond motifs is 1. The van der Waals surface area contributed by atoms with Gasteiger partial charge in [0, 0.05) is 26.7 Å². The molecule has 0 aliphatic carbocycles. The third-order valence-corrected chi connectivity index (χ3v) is 4.85. The van der Waals surface area contributed by atoms with E-state index in [0.717, 1.165) is 6.42 Å². The topological polar surface area (TPSA) is 73.8 Å². The largest absolute Gasteiger partial charge is 0.356 e. The zero-order valence-corrected chi connectivity index (χ0v) is 16.5. The van der Waals surface area contributed by atoms with Crippen molar-refractivity contribution in [2.24, 2.45) is 4.99 Å². The lowest BCUT2D eigenvalue weighted by Crippen LogP contribution is -2.39. The number of imide groups is 1. The second-order valence-electron chi connectivity index (χ2n) is 6.78. The molecule has 0 radical (unpaired) electrons. The average Bonchev–Trinajstić information content (AvgIpc) is 2.98. The molecule has 6 nitrogen and oxygen atoms in total. The Labute approximate surface area is 169 Å². The molecule has 1 aliphatic rings. The smallest absolute Gasteiger partial charge is 0.261 e. The van der Waals surface area contributed by atoms with E-state index in [1.165, 1.54) is 11.0 Å². The van der Waals surface area contributed by atoms with E-state index in [2.05, 4.69) is 15.6 Å². The number of carbonyl (C=O) groups excluding carboxylic acids is 2. The van der Waals surface area contributed by atoms with E-state index in [1.54, 1.807) is 43.4 Å². The number of hydrogen-bond acceptors (Lipinski definition) is 3. The second kappa shape index (κ2) is 9.82. The number of nitrogens with one attached hydrogen (secondary N) is 2. The lowest BCUT2D eigenvalue weighted by molar-refractivity contribution is 0.0652. The summed E-state index contributed by atoms with van der Waals surface area (Å²) in [5.41, 5.74) is 1.63. The van der Waals surface area contributed by atoms with Crippen LogP contribution in [-0.2, 0) is 6.42 Å². The fraction of sp³-hybridized carbons (Fsp3) is 0.318. The van der Waals surface area contributed by atoms with Crippen LogP contribution in [0.4, 0.5) is 4.39 Å². The molecule has 2 N–H and O–H groups in total. The lowest BCUT2D eigenvalue weighted by Gasteiger charge is -2.15. The molecular formula is C22H25FN4O2. The number of carbonyl (C=O) groups is 2. The first-order valence-corrected chi connectivity index (χ1v) is 9.75. The van der Waals surface area contributed by atoms with Crippen LogP contribution >= 0.6 is 0 Å². The molecule has 0 saturated carbocycles. The Bertz CT molecular complexity index is 878. The molecule has 3 rings (SSSR count). The summed E-state index contributed by atoms with van der Waals surface area (Å²) < 4.78 is 13.6. The highest BCUT2D eigenvalue weighted by Crippen LogP contribution is 2.22. The molecule has 29 heavy (non-hydrogen) atoms. The number of hydrogen-bond donors (Lipinski definition) is 2. The number of halogens is 1. The van der Waals surface area contributed by atoms with Gasteiger partial charge in [-0.3, -0.25) is 19.5 Å². The Hall–Kier alpha value is -3.22. The number of aliphatic imine (C=N–C) groups is 1. The Morgan fingerprint density at radius 2 is 1.55 bits per heavy atom. The van der Waals surface area contributed by atoms with Crippen molar-refractivity contribution in [2.75, 3.05) is 26.7 Å². The third kappa shape index (κ3) is 4.99. The Kier molecular flexibility index (Phi) is 6.94. The number of rotatable bonds is 8. The number of unbranched alkanes of at least 4 members (excludes halogenated alkanes) is 1. The Balaban J connectivity index is 1.35. The van der Waals surface area contributed by atoms with Crippen LogP contribution in [0.3, 0.4) is 0 Å². The highest BCUT2D eigenvalue weighted by molar-refractivity contribution is 6.21. The van der Waals surface area contributed by atoms with Gasteiger partial charge < -0.3 is 10.6 Å². The normalized spacial score (nSPS) is 13.6. The third-order valence-electron chi connectivity index (χ3n) is 4.85. The fourth-order valence-electron chi connectivity index (χ4n) is 3.28. The molecule has 0 atom stereocenters. The van der Waals surface area contributed by atoms with Crippen LogP contribution in [0.25, 0.3) is 0 Å². The Morgan fingerprint density at radius 1 is 0.931 bits per heavy atom. The summed E-state index contributed by atoms with van der Waals surface area (Å²) in [6.45, 7) is 1.62. The zero-order chi connectivity index (χ0) is 20.6. The first kappa shape index (κ1) is 20.5. The summed E-state index contributed by atoms with van der Waals surface area (Å²) in [5.74, 6) is 0.000772. The van der Waals surface area contributed by atoms with Gasteiger partial charge in [0.25, 0.3) is 11.8 Å². The van der Waals surface area contributed by atoms with Gasteiger partial charge in [-0.25, -0.2) is 4.39 Å². The summed E-state index contributed by atoms with van der Waals surface area (Å²) >= 11 is 0. The minimum Gasteiger partial charge on any atom is -0.356 e.